The van der Waals surface area contributed by atoms with Gasteiger partial charge in [-0.2, -0.15) is 5.26 Å². The highest BCUT2D eigenvalue weighted by Crippen LogP contribution is 2.22. The Morgan fingerprint density at radius 2 is 1.60 bits per heavy atom. The van der Waals surface area contributed by atoms with Crippen molar-refractivity contribution in [3.8, 4) is 17.6 Å². The zero-order valence-electron chi connectivity index (χ0n) is 13.4. The number of carbonyl (C=O) groups excluding carboxylic acids is 1. The van der Waals surface area contributed by atoms with E-state index in [9.17, 15) is 13.2 Å². The molecule has 2 aromatic rings. The molecule has 0 saturated carbocycles. The van der Waals surface area contributed by atoms with Crippen LogP contribution in [0.1, 0.15) is 15.9 Å². The van der Waals surface area contributed by atoms with Crippen molar-refractivity contribution in [2.24, 2.45) is 0 Å². The summed E-state index contributed by atoms with van der Waals surface area (Å²) >= 11 is 0. The number of amides is 1. The quantitative estimate of drug-likeness (QED) is 0.747. The van der Waals surface area contributed by atoms with E-state index in [1.54, 1.807) is 6.07 Å². The second-order valence-electron chi connectivity index (χ2n) is 4.80. The maximum atomic E-state index is 12.2. The van der Waals surface area contributed by atoms with Crippen molar-refractivity contribution in [2.45, 2.75) is 4.90 Å². The summed E-state index contributed by atoms with van der Waals surface area (Å²) in [7, 11) is -1.10. The van der Waals surface area contributed by atoms with Crippen molar-refractivity contribution in [3.05, 3.63) is 53.6 Å². The predicted molar refractivity (Wildman–Crippen MR) is 88.5 cm³/mol. The average Bonchev–Trinajstić information content (AvgIpc) is 2.65. The first-order chi connectivity index (χ1) is 11.9. The SMILES string of the molecule is COc1cc(OC)cc(C(=O)NNS(=O)(=O)c2ccc(C#N)cc2)c1. The average molecular weight is 361 g/mol. The first-order valence-corrected chi connectivity index (χ1v) is 8.43. The fourth-order valence-corrected chi connectivity index (χ4v) is 2.73. The van der Waals surface area contributed by atoms with Crippen molar-refractivity contribution in [3.63, 3.8) is 0 Å². The number of nitrogens with zero attached hydrogens (tertiary/aromatic N) is 1. The summed E-state index contributed by atoms with van der Waals surface area (Å²) < 4.78 is 34.4. The van der Waals surface area contributed by atoms with Gasteiger partial charge in [-0.1, -0.05) is 0 Å². The molecule has 0 heterocycles. The standard InChI is InChI=1S/C16H15N3O5S/c1-23-13-7-12(8-14(9-13)24-2)16(20)18-19-25(21,22)15-5-3-11(10-17)4-6-15/h3-9,19H,1-2H3,(H,18,20). The lowest BCUT2D eigenvalue weighted by Gasteiger charge is -2.10. The summed E-state index contributed by atoms with van der Waals surface area (Å²) in [4.78, 5) is 14.1. The van der Waals surface area contributed by atoms with Gasteiger partial charge < -0.3 is 9.47 Å². The molecule has 0 bridgehead atoms. The molecule has 0 atom stereocenters. The van der Waals surface area contributed by atoms with Crippen LogP contribution in [0.4, 0.5) is 0 Å². The van der Waals surface area contributed by atoms with Crippen LogP contribution in [0.3, 0.4) is 0 Å². The topological polar surface area (TPSA) is 118 Å². The number of rotatable bonds is 6. The Bertz CT molecular complexity index is 896. The molecule has 8 nitrogen and oxygen atoms in total. The summed E-state index contributed by atoms with van der Waals surface area (Å²) in [5.41, 5.74) is 2.59. The monoisotopic (exact) mass is 361 g/mol. The normalized spacial score (nSPS) is 10.6. The first-order valence-electron chi connectivity index (χ1n) is 6.95. The highest BCUT2D eigenvalue weighted by atomic mass is 32.2. The molecular formula is C16H15N3O5S. The zero-order chi connectivity index (χ0) is 18.4. The molecule has 0 aromatic heterocycles. The Labute approximate surface area is 145 Å². The fraction of sp³-hybridized carbons (Fsp3) is 0.125. The fourth-order valence-electron chi connectivity index (χ4n) is 1.89. The molecule has 0 saturated heterocycles. The number of ether oxygens (including phenoxy) is 2. The highest BCUT2D eigenvalue weighted by molar-refractivity contribution is 7.89. The van der Waals surface area contributed by atoms with Crippen molar-refractivity contribution < 1.29 is 22.7 Å². The summed E-state index contributed by atoms with van der Waals surface area (Å²) in [6.45, 7) is 0. The van der Waals surface area contributed by atoms with Gasteiger partial charge in [0.1, 0.15) is 11.5 Å². The van der Waals surface area contributed by atoms with Crippen LogP contribution in [0, 0.1) is 11.3 Å². The molecule has 0 spiro atoms. The van der Waals surface area contributed by atoms with Crippen LogP contribution in [0.15, 0.2) is 47.4 Å². The summed E-state index contributed by atoms with van der Waals surface area (Å²) in [6.07, 6.45) is 0. The molecule has 2 aromatic carbocycles. The van der Waals surface area contributed by atoms with E-state index >= 15 is 0 Å². The molecule has 0 radical (unpaired) electrons. The van der Waals surface area contributed by atoms with E-state index in [2.05, 4.69) is 5.43 Å². The molecule has 2 N–H and O–H groups in total. The molecule has 9 heteroatoms. The van der Waals surface area contributed by atoms with Crippen LogP contribution >= 0.6 is 0 Å². The largest absolute Gasteiger partial charge is 0.497 e. The number of carbonyl (C=O) groups is 1. The summed E-state index contributed by atoms with van der Waals surface area (Å²) in [6, 6.07) is 11.6. The molecule has 2 rings (SSSR count). The third kappa shape index (κ3) is 4.47. The van der Waals surface area contributed by atoms with Crippen LogP contribution < -0.4 is 19.7 Å². The Morgan fingerprint density at radius 1 is 1.04 bits per heavy atom. The van der Waals surface area contributed by atoms with Crippen molar-refractivity contribution in [1.82, 2.24) is 10.3 Å². The Hall–Kier alpha value is -3.09. The zero-order valence-corrected chi connectivity index (χ0v) is 14.3. The van der Waals surface area contributed by atoms with E-state index < -0.39 is 15.9 Å². The highest BCUT2D eigenvalue weighted by Gasteiger charge is 2.16. The molecular weight excluding hydrogens is 346 g/mol. The number of hydrazine groups is 1. The lowest BCUT2D eigenvalue weighted by atomic mass is 10.2. The minimum absolute atomic E-state index is 0.0879. The Morgan fingerprint density at radius 3 is 2.08 bits per heavy atom. The van der Waals surface area contributed by atoms with E-state index in [1.807, 2.05) is 10.9 Å². The third-order valence-electron chi connectivity index (χ3n) is 3.21. The van der Waals surface area contributed by atoms with Crippen molar-refractivity contribution in [1.29, 1.82) is 5.26 Å². The minimum Gasteiger partial charge on any atom is -0.497 e. The molecule has 0 aliphatic carbocycles. The first kappa shape index (κ1) is 18.3. The molecule has 0 fully saturated rings. The van der Waals surface area contributed by atoms with Crippen LogP contribution in [0.25, 0.3) is 0 Å². The Kier molecular flexibility index (Phi) is 5.59. The van der Waals surface area contributed by atoms with E-state index in [4.69, 9.17) is 14.7 Å². The summed E-state index contributed by atoms with van der Waals surface area (Å²) in [5.74, 6) is 0.0910. The van der Waals surface area contributed by atoms with Gasteiger partial charge in [-0.05, 0) is 36.4 Å². The summed E-state index contributed by atoms with van der Waals surface area (Å²) in [5, 5.41) is 8.73. The molecule has 0 unspecified atom stereocenters. The third-order valence-corrected chi connectivity index (χ3v) is 4.47. The second kappa shape index (κ2) is 7.65. The van der Waals surface area contributed by atoms with Crippen molar-refractivity contribution >= 4 is 15.9 Å². The maximum Gasteiger partial charge on any atom is 0.266 e. The number of hydrogen-bond donors (Lipinski definition) is 2. The van der Waals surface area contributed by atoms with Gasteiger partial charge in [0.2, 0.25) is 0 Å². The van der Waals surface area contributed by atoms with Crippen LogP contribution in [-0.2, 0) is 10.0 Å². The number of hydrogen-bond acceptors (Lipinski definition) is 6. The van der Waals surface area contributed by atoms with Gasteiger partial charge >= 0.3 is 0 Å². The number of sulfonamides is 1. The lowest BCUT2D eigenvalue weighted by Crippen LogP contribution is -2.41. The van der Waals surface area contributed by atoms with Crippen LogP contribution in [-0.4, -0.2) is 28.5 Å². The number of benzene rings is 2. The van der Waals surface area contributed by atoms with E-state index in [0.717, 1.165) is 0 Å². The number of nitrogens with one attached hydrogen (secondary N) is 2. The number of methoxy groups -OCH3 is 2. The van der Waals surface area contributed by atoms with Crippen LogP contribution in [0.5, 0.6) is 11.5 Å². The van der Waals surface area contributed by atoms with Gasteiger partial charge in [-0.15, -0.1) is 4.83 Å². The van der Waals surface area contributed by atoms with E-state index in [0.29, 0.717) is 17.1 Å². The minimum atomic E-state index is -3.97. The van der Waals surface area contributed by atoms with Gasteiger partial charge in [-0.3, -0.25) is 10.2 Å². The van der Waals surface area contributed by atoms with Gasteiger partial charge in [0.15, 0.2) is 0 Å². The smallest absolute Gasteiger partial charge is 0.266 e. The van der Waals surface area contributed by atoms with E-state index in [1.165, 1.54) is 50.6 Å². The van der Waals surface area contributed by atoms with Gasteiger partial charge in [-0.25, -0.2) is 8.42 Å². The maximum absolute atomic E-state index is 12.2. The van der Waals surface area contributed by atoms with Crippen molar-refractivity contribution in [2.75, 3.05) is 14.2 Å². The molecule has 0 aliphatic heterocycles. The van der Waals surface area contributed by atoms with Gasteiger partial charge in [0.05, 0.1) is 30.7 Å². The van der Waals surface area contributed by atoms with Gasteiger partial charge in [0.25, 0.3) is 15.9 Å². The lowest BCUT2D eigenvalue weighted by molar-refractivity contribution is 0.0944. The predicted octanol–water partition coefficient (Wildman–Crippen LogP) is 1.20. The second-order valence-corrected chi connectivity index (χ2v) is 6.48. The van der Waals surface area contributed by atoms with Crippen LogP contribution in [0.2, 0.25) is 0 Å². The Balaban J connectivity index is 2.14. The molecule has 25 heavy (non-hydrogen) atoms. The van der Waals surface area contributed by atoms with Gasteiger partial charge in [0, 0.05) is 11.6 Å². The molecule has 0 aliphatic rings. The number of nitriles is 1. The molecule has 130 valence electrons. The van der Waals surface area contributed by atoms with E-state index in [-0.39, 0.29) is 10.5 Å². The molecule has 1 amide bonds.